The lowest BCUT2D eigenvalue weighted by Gasteiger charge is -2.10. The zero-order valence-electron chi connectivity index (χ0n) is 10.9. The van der Waals surface area contributed by atoms with Crippen LogP contribution < -0.4 is 10.1 Å². The minimum absolute atomic E-state index is 0.229. The summed E-state index contributed by atoms with van der Waals surface area (Å²) in [6.45, 7) is 2.31. The predicted octanol–water partition coefficient (Wildman–Crippen LogP) is 3.65. The molecule has 0 aliphatic carbocycles. The molecule has 0 saturated carbocycles. The van der Waals surface area contributed by atoms with Gasteiger partial charge in [-0.2, -0.15) is 0 Å². The molecule has 0 spiro atoms. The van der Waals surface area contributed by atoms with E-state index < -0.39 is 0 Å². The van der Waals surface area contributed by atoms with E-state index in [-0.39, 0.29) is 5.91 Å². The molecule has 1 N–H and O–H groups in total. The lowest BCUT2D eigenvalue weighted by atomic mass is 10.2. The van der Waals surface area contributed by atoms with E-state index >= 15 is 0 Å². The summed E-state index contributed by atoms with van der Waals surface area (Å²) < 4.78 is 6.06. The molecule has 0 atom stereocenters. The number of thiazole rings is 1. The molecule has 106 valence electrons. The van der Waals surface area contributed by atoms with Gasteiger partial charge in [0.05, 0.1) is 24.2 Å². The van der Waals surface area contributed by atoms with Crippen molar-refractivity contribution < 1.29 is 9.53 Å². The normalized spacial score (nSPS) is 10.4. The molecule has 0 fully saturated rings. The van der Waals surface area contributed by atoms with Gasteiger partial charge in [-0.3, -0.25) is 4.79 Å². The van der Waals surface area contributed by atoms with Crippen LogP contribution in [0.4, 0.5) is 0 Å². The average Bonchev–Trinajstić information content (AvgIpc) is 2.84. The Morgan fingerprint density at radius 2 is 2.30 bits per heavy atom. The number of ether oxygens (including phenoxy) is 1. The Hall–Kier alpha value is -0.860. The van der Waals surface area contributed by atoms with E-state index in [0.717, 1.165) is 14.3 Å². The number of halogens is 2. The molecule has 0 aliphatic rings. The number of aromatic nitrogens is 1. The summed E-state index contributed by atoms with van der Waals surface area (Å²) in [4.78, 5) is 16.5. The van der Waals surface area contributed by atoms with E-state index in [4.69, 9.17) is 16.3 Å². The van der Waals surface area contributed by atoms with Crippen molar-refractivity contribution in [2.24, 2.45) is 0 Å². The second-order valence-corrected chi connectivity index (χ2v) is 6.54. The van der Waals surface area contributed by atoms with E-state index in [1.54, 1.807) is 12.1 Å². The van der Waals surface area contributed by atoms with Gasteiger partial charge in [-0.05, 0) is 41.6 Å². The van der Waals surface area contributed by atoms with Crippen LogP contribution >= 0.6 is 45.5 Å². The van der Waals surface area contributed by atoms with E-state index in [2.05, 4.69) is 32.9 Å². The first-order valence-electron chi connectivity index (χ1n) is 5.73. The van der Waals surface area contributed by atoms with Gasteiger partial charge in [0.1, 0.15) is 10.8 Å². The monoisotopic (exact) mass is 422 g/mol. The van der Waals surface area contributed by atoms with E-state index in [0.29, 0.717) is 22.9 Å². The first kappa shape index (κ1) is 15.5. The number of carbonyl (C=O) groups is 1. The van der Waals surface area contributed by atoms with Crippen LogP contribution in [0.15, 0.2) is 17.5 Å². The number of rotatable bonds is 4. The fraction of sp³-hybridized carbons (Fsp3) is 0.231. The quantitative estimate of drug-likeness (QED) is 0.765. The van der Waals surface area contributed by atoms with Crippen LogP contribution in [0.2, 0.25) is 5.02 Å². The van der Waals surface area contributed by atoms with Crippen LogP contribution in [-0.2, 0) is 6.54 Å². The fourth-order valence-electron chi connectivity index (χ4n) is 1.61. The minimum atomic E-state index is -0.229. The maximum atomic E-state index is 12.2. The zero-order chi connectivity index (χ0) is 14.7. The highest BCUT2D eigenvalue weighted by Crippen LogP contribution is 2.28. The number of aryl methyl sites for hydroxylation is 1. The number of hydrogen-bond acceptors (Lipinski definition) is 4. The number of amides is 1. The highest BCUT2D eigenvalue weighted by atomic mass is 127. The third kappa shape index (κ3) is 3.62. The van der Waals surface area contributed by atoms with Crippen LogP contribution in [0.5, 0.6) is 5.75 Å². The molecule has 4 nitrogen and oxygen atoms in total. The standard InChI is InChI=1S/C13H12ClIN2O2S/c1-7-6-20-12(17-7)5-16-13(18)8-3-9(14)10(15)4-11(8)19-2/h3-4,6H,5H2,1-2H3,(H,16,18). The van der Waals surface area contributed by atoms with Gasteiger partial charge in [-0.15, -0.1) is 11.3 Å². The summed E-state index contributed by atoms with van der Waals surface area (Å²) >= 11 is 9.67. The third-order valence-corrected chi connectivity index (χ3v) is 5.04. The van der Waals surface area contributed by atoms with Crippen molar-refractivity contribution >= 4 is 51.4 Å². The number of carbonyl (C=O) groups excluding carboxylic acids is 1. The zero-order valence-corrected chi connectivity index (χ0v) is 14.6. The van der Waals surface area contributed by atoms with Gasteiger partial charge in [0.2, 0.25) is 0 Å². The molecule has 0 unspecified atom stereocenters. The van der Waals surface area contributed by atoms with Gasteiger partial charge < -0.3 is 10.1 Å². The molecule has 1 heterocycles. The van der Waals surface area contributed by atoms with Gasteiger partial charge in [-0.25, -0.2) is 4.98 Å². The van der Waals surface area contributed by atoms with Gasteiger partial charge in [0, 0.05) is 14.6 Å². The second-order valence-electron chi connectivity index (χ2n) is 4.03. The van der Waals surface area contributed by atoms with Crippen molar-refractivity contribution in [3.05, 3.63) is 42.4 Å². The van der Waals surface area contributed by atoms with Crippen LogP contribution in [0.25, 0.3) is 0 Å². The number of benzene rings is 1. The Morgan fingerprint density at radius 1 is 1.55 bits per heavy atom. The SMILES string of the molecule is COc1cc(I)c(Cl)cc1C(=O)NCc1nc(C)cs1. The summed E-state index contributed by atoms with van der Waals surface area (Å²) in [6.07, 6.45) is 0. The lowest BCUT2D eigenvalue weighted by Crippen LogP contribution is -2.23. The Bertz CT molecular complexity index is 645. The number of hydrogen-bond donors (Lipinski definition) is 1. The summed E-state index contributed by atoms with van der Waals surface area (Å²) in [6, 6.07) is 3.36. The largest absolute Gasteiger partial charge is 0.496 e. The molecule has 7 heteroatoms. The molecule has 0 radical (unpaired) electrons. The average molecular weight is 423 g/mol. The fourth-order valence-corrected chi connectivity index (χ4v) is 2.92. The molecular formula is C13H12ClIN2O2S. The molecule has 1 aromatic carbocycles. The van der Waals surface area contributed by atoms with Crippen molar-refractivity contribution in [1.29, 1.82) is 0 Å². The van der Waals surface area contributed by atoms with Crippen LogP contribution in [0, 0.1) is 10.5 Å². The first-order chi connectivity index (χ1) is 9.51. The maximum absolute atomic E-state index is 12.2. The molecule has 2 aromatic rings. The first-order valence-corrected chi connectivity index (χ1v) is 8.07. The number of methoxy groups -OCH3 is 1. The summed E-state index contributed by atoms with van der Waals surface area (Å²) in [5.74, 6) is 0.277. The topological polar surface area (TPSA) is 51.2 Å². The van der Waals surface area contributed by atoms with E-state index in [1.165, 1.54) is 18.4 Å². The van der Waals surface area contributed by atoms with Gasteiger partial charge >= 0.3 is 0 Å². The third-order valence-electron chi connectivity index (χ3n) is 2.55. The smallest absolute Gasteiger partial charge is 0.255 e. The predicted molar refractivity (Wildman–Crippen MR) is 88.7 cm³/mol. The summed E-state index contributed by atoms with van der Waals surface area (Å²) in [7, 11) is 1.53. The van der Waals surface area contributed by atoms with Crippen LogP contribution in [0.3, 0.4) is 0 Å². The van der Waals surface area contributed by atoms with E-state index in [9.17, 15) is 4.79 Å². The molecule has 0 aliphatic heterocycles. The molecule has 0 bridgehead atoms. The lowest BCUT2D eigenvalue weighted by molar-refractivity contribution is 0.0948. The highest BCUT2D eigenvalue weighted by Gasteiger charge is 2.15. The van der Waals surface area contributed by atoms with Crippen molar-refractivity contribution in [1.82, 2.24) is 10.3 Å². The van der Waals surface area contributed by atoms with Crippen molar-refractivity contribution in [3.8, 4) is 5.75 Å². The highest BCUT2D eigenvalue weighted by molar-refractivity contribution is 14.1. The molecule has 0 saturated heterocycles. The van der Waals surface area contributed by atoms with Gasteiger partial charge in [-0.1, -0.05) is 11.6 Å². The number of nitrogens with one attached hydrogen (secondary N) is 1. The Labute approximate surface area is 139 Å². The molecule has 1 aromatic heterocycles. The Morgan fingerprint density at radius 3 is 2.90 bits per heavy atom. The Kier molecular flexibility index (Phi) is 5.22. The van der Waals surface area contributed by atoms with Crippen LogP contribution in [0.1, 0.15) is 21.1 Å². The molecule has 1 amide bonds. The molecular weight excluding hydrogens is 411 g/mol. The van der Waals surface area contributed by atoms with Gasteiger partial charge in [0.25, 0.3) is 5.91 Å². The summed E-state index contributed by atoms with van der Waals surface area (Å²) in [5.41, 5.74) is 1.38. The number of nitrogens with zero attached hydrogens (tertiary/aromatic N) is 1. The van der Waals surface area contributed by atoms with Gasteiger partial charge in [0.15, 0.2) is 0 Å². The van der Waals surface area contributed by atoms with Crippen molar-refractivity contribution in [2.45, 2.75) is 13.5 Å². The Balaban J connectivity index is 2.14. The van der Waals surface area contributed by atoms with E-state index in [1.807, 2.05) is 12.3 Å². The van der Waals surface area contributed by atoms with Crippen molar-refractivity contribution in [2.75, 3.05) is 7.11 Å². The maximum Gasteiger partial charge on any atom is 0.255 e. The van der Waals surface area contributed by atoms with Crippen molar-refractivity contribution in [3.63, 3.8) is 0 Å². The minimum Gasteiger partial charge on any atom is -0.496 e. The van der Waals surface area contributed by atoms with Crippen LogP contribution in [-0.4, -0.2) is 18.0 Å². The summed E-state index contributed by atoms with van der Waals surface area (Å²) in [5, 5.41) is 6.16. The second kappa shape index (κ2) is 6.73. The molecule has 2 rings (SSSR count). The molecule has 20 heavy (non-hydrogen) atoms.